The zero-order valence-electron chi connectivity index (χ0n) is 19.6. The van der Waals surface area contributed by atoms with E-state index in [4.69, 9.17) is 14.9 Å². The van der Waals surface area contributed by atoms with Crippen LogP contribution < -0.4 is 4.74 Å². The minimum absolute atomic E-state index is 0.00217. The molecule has 0 saturated carbocycles. The van der Waals surface area contributed by atoms with Gasteiger partial charge in [0.15, 0.2) is 5.65 Å². The number of ether oxygens (including phenoxy) is 2. The number of carbonyl (C=O) groups is 1. The Morgan fingerprint density at radius 3 is 2.62 bits per heavy atom. The molecule has 0 spiro atoms. The second kappa shape index (κ2) is 9.50. The van der Waals surface area contributed by atoms with Gasteiger partial charge >= 0.3 is 0 Å². The second-order valence-electron chi connectivity index (χ2n) is 8.44. The number of nitrogens with zero attached hydrogens (tertiary/aromatic N) is 6. The van der Waals surface area contributed by atoms with Crippen LogP contribution in [0.1, 0.15) is 21.9 Å². The lowest BCUT2D eigenvalue weighted by Gasteiger charge is -2.38. The van der Waals surface area contributed by atoms with E-state index in [1.165, 1.54) is 30.0 Å². The number of aliphatic hydroxyl groups is 1. The molecule has 1 aromatic carbocycles. The summed E-state index contributed by atoms with van der Waals surface area (Å²) >= 11 is 0. The van der Waals surface area contributed by atoms with E-state index in [-0.39, 0.29) is 42.0 Å². The molecule has 13 heteroatoms. The van der Waals surface area contributed by atoms with E-state index in [1.54, 1.807) is 12.1 Å². The highest BCUT2D eigenvalue weighted by Gasteiger charge is 2.46. The maximum absolute atomic E-state index is 13.1. The third-order valence-corrected chi connectivity index (χ3v) is 5.63. The van der Waals surface area contributed by atoms with Crippen LogP contribution in [0.25, 0.3) is 16.4 Å². The summed E-state index contributed by atoms with van der Waals surface area (Å²) in [6.45, 7) is -1.25. The van der Waals surface area contributed by atoms with Gasteiger partial charge in [-0.3, -0.25) is 15.2 Å². The number of likely N-dealkylation sites (tertiary alicyclic amines) is 1. The minimum Gasteiger partial charge on any atom is -0.510 e. The van der Waals surface area contributed by atoms with Crippen molar-refractivity contribution in [1.29, 1.82) is 5.41 Å². The summed E-state index contributed by atoms with van der Waals surface area (Å²) in [6, 6.07) is 10.3. The molecule has 0 atom stereocenters. The molecule has 1 saturated heterocycles. The van der Waals surface area contributed by atoms with E-state index >= 15 is 0 Å². The molecule has 11 nitrogen and oxygen atoms in total. The van der Waals surface area contributed by atoms with Crippen LogP contribution >= 0.6 is 0 Å². The topological polar surface area (TPSA) is 139 Å². The molecule has 4 heterocycles. The number of carbonyl (C=O) groups excluding carboxylic acids is 1. The molecule has 4 aromatic rings. The highest BCUT2D eigenvalue weighted by molar-refractivity contribution is 6.05. The van der Waals surface area contributed by atoms with Crippen LogP contribution in [0.3, 0.4) is 0 Å². The summed E-state index contributed by atoms with van der Waals surface area (Å²) in [7, 11) is 1.42. The van der Waals surface area contributed by atoms with E-state index < -0.39 is 24.9 Å². The number of hydrogen-bond donors (Lipinski definition) is 2. The van der Waals surface area contributed by atoms with Gasteiger partial charge in [0.1, 0.15) is 24.7 Å². The van der Waals surface area contributed by atoms with Crippen molar-refractivity contribution < 1.29 is 28.2 Å². The molecule has 1 aliphatic rings. The fourth-order valence-corrected chi connectivity index (χ4v) is 3.86. The number of nitrogens with one attached hydrogen (secondary N) is 1. The number of aromatic nitrogens is 5. The average molecular weight is 509 g/mol. The molecule has 0 unspecified atom stereocenters. The van der Waals surface area contributed by atoms with E-state index in [2.05, 4.69) is 20.3 Å². The van der Waals surface area contributed by atoms with Gasteiger partial charge in [0.05, 0.1) is 24.3 Å². The molecular formula is C24H21F2N7O4. The fraction of sp³-hybridized carbons (Fsp3) is 0.250. The number of allylic oxidation sites excluding steroid dienone is 1. The Bertz CT molecular complexity index is 1530. The molecule has 5 rings (SSSR count). The third-order valence-electron chi connectivity index (χ3n) is 5.63. The zero-order chi connectivity index (χ0) is 26.2. The Kier molecular flexibility index (Phi) is 6.21. The number of aliphatic hydroxyl groups excluding tert-OH is 1. The second-order valence-corrected chi connectivity index (χ2v) is 8.44. The molecule has 37 heavy (non-hydrogen) atoms. The largest absolute Gasteiger partial charge is 0.510 e. The molecule has 190 valence electrons. The Labute approximate surface area is 208 Å². The van der Waals surface area contributed by atoms with Crippen molar-refractivity contribution >= 4 is 28.0 Å². The normalized spacial score (nSPS) is 15.1. The Morgan fingerprint density at radius 1 is 1.19 bits per heavy atom. The molecule has 0 radical (unpaired) electrons. The van der Waals surface area contributed by atoms with Crippen molar-refractivity contribution in [2.75, 3.05) is 26.8 Å². The van der Waals surface area contributed by atoms with Gasteiger partial charge in [-0.1, -0.05) is 18.2 Å². The van der Waals surface area contributed by atoms with Gasteiger partial charge in [-0.05, 0) is 18.2 Å². The van der Waals surface area contributed by atoms with Crippen LogP contribution in [-0.4, -0.2) is 79.1 Å². The Balaban J connectivity index is 1.39. The summed E-state index contributed by atoms with van der Waals surface area (Å²) < 4.78 is 38.3. The van der Waals surface area contributed by atoms with Crippen molar-refractivity contribution in [3.63, 3.8) is 0 Å². The van der Waals surface area contributed by atoms with Gasteiger partial charge in [0.2, 0.25) is 11.7 Å². The summed E-state index contributed by atoms with van der Waals surface area (Å²) in [5.74, 6) is -3.18. The summed E-state index contributed by atoms with van der Waals surface area (Å²) in [4.78, 5) is 17.6. The van der Waals surface area contributed by atoms with E-state index in [1.807, 2.05) is 18.2 Å². The van der Waals surface area contributed by atoms with Crippen molar-refractivity contribution in [2.45, 2.75) is 12.5 Å². The lowest BCUT2D eigenvalue weighted by atomic mass is 10.1. The van der Waals surface area contributed by atoms with Crippen molar-refractivity contribution in [3.05, 3.63) is 71.5 Å². The molecule has 1 fully saturated rings. The van der Waals surface area contributed by atoms with Crippen LogP contribution in [0.5, 0.6) is 5.88 Å². The minimum atomic E-state index is -2.84. The molecule has 1 aliphatic heterocycles. The van der Waals surface area contributed by atoms with Crippen molar-refractivity contribution in [1.82, 2.24) is 29.7 Å². The maximum atomic E-state index is 13.1. The van der Waals surface area contributed by atoms with Crippen LogP contribution in [0.15, 0.2) is 54.4 Å². The lowest BCUT2D eigenvalue weighted by Crippen LogP contribution is -2.58. The van der Waals surface area contributed by atoms with Gasteiger partial charge in [-0.2, -0.15) is 4.52 Å². The predicted octanol–water partition coefficient (Wildman–Crippen LogP) is 2.80. The molecule has 0 aliphatic carbocycles. The quantitative estimate of drug-likeness (QED) is 0.273. The zero-order valence-corrected chi connectivity index (χ0v) is 19.6. The Hall–Kier alpha value is -4.52. The van der Waals surface area contributed by atoms with Gasteiger partial charge in [-0.25, -0.2) is 8.78 Å². The highest BCUT2D eigenvalue weighted by atomic mass is 19.3. The lowest BCUT2D eigenvalue weighted by molar-refractivity contribution is -0.113. The summed E-state index contributed by atoms with van der Waals surface area (Å²) in [5, 5.41) is 32.2. The van der Waals surface area contributed by atoms with E-state index in [0.717, 1.165) is 4.90 Å². The van der Waals surface area contributed by atoms with Crippen molar-refractivity contribution in [3.8, 4) is 5.88 Å². The molecule has 3 aromatic heterocycles. The number of benzene rings is 1. The van der Waals surface area contributed by atoms with Gasteiger partial charge in [0.25, 0.3) is 11.8 Å². The summed E-state index contributed by atoms with van der Waals surface area (Å²) in [5.41, 5.74) is 0.972. The average Bonchev–Trinajstić information content (AvgIpc) is 3.30. The SMILES string of the molecule is COC/C(O)=C/C(=N)c1nnc2c3ccccc3c(OCc3ccc(C(=O)N4CC(F)(F)C4)cn3)nn12. The predicted molar refractivity (Wildman–Crippen MR) is 127 cm³/mol. The number of halogens is 2. The molecule has 1 amide bonds. The van der Waals surface area contributed by atoms with E-state index in [9.17, 15) is 18.7 Å². The third kappa shape index (κ3) is 4.80. The van der Waals surface area contributed by atoms with Crippen LogP contribution in [0, 0.1) is 5.41 Å². The first kappa shape index (κ1) is 24.2. The first-order valence-corrected chi connectivity index (χ1v) is 11.1. The number of amides is 1. The number of pyridine rings is 1. The number of hydrogen-bond acceptors (Lipinski definition) is 9. The van der Waals surface area contributed by atoms with Gasteiger partial charge < -0.3 is 19.5 Å². The van der Waals surface area contributed by atoms with Crippen molar-refractivity contribution in [2.24, 2.45) is 0 Å². The van der Waals surface area contributed by atoms with Gasteiger partial charge in [-0.15, -0.1) is 15.3 Å². The number of fused-ring (bicyclic) bond motifs is 3. The maximum Gasteiger partial charge on any atom is 0.282 e. The highest BCUT2D eigenvalue weighted by Crippen LogP contribution is 2.29. The standard InChI is InChI=1S/C24H21F2N7O4/c1-36-11-16(34)8-19(27)21-30-29-20-17-4-2-3-5-18(17)22(31-33(20)21)37-10-15-7-6-14(9-28-15)23(35)32-12-24(25,26)13-32/h2-9,27,34H,10-13H2,1H3/b16-8-,27-19?. The molecule has 2 N–H and O–H groups in total. The molecule has 0 bridgehead atoms. The van der Waals surface area contributed by atoms with Gasteiger partial charge in [0, 0.05) is 30.2 Å². The first-order chi connectivity index (χ1) is 17.8. The monoisotopic (exact) mass is 509 g/mol. The smallest absolute Gasteiger partial charge is 0.282 e. The first-order valence-electron chi connectivity index (χ1n) is 11.1. The number of rotatable bonds is 8. The van der Waals surface area contributed by atoms with Crippen LogP contribution in [0.2, 0.25) is 0 Å². The number of alkyl halides is 2. The van der Waals surface area contributed by atoms with Crippen LogP contribution in [0.4, 0.5) is 8.78 Å². The molecular weight excluding hydrogens is 488 g/mol. The Morgan fingerprint density at radius 2 is 1.95 bits per heavy atom. The van der Waals surface area contributed by atoms with Crippen LogP contribution in [-0.2, 0) is 11.3 Å². The summed E-state index contributed by atoms with van der Waals surface area (Å²) in [6.07, 6.45) is 2.52. The fourth-order valence-electron chi connectivity index (χ4n) is 3.86. The number of methoxy groups -OCH3 is 1. The van der Waals surface area contributed by atoms with E-state index in [0.29, 0.717) is 22.1 Å².